The van der Waals surface area contributed by atoms with Crippen molar-refractivity contribution in [2.75, 3.05) is 19.0 Å². The zero-order valence-corrected chi connectivity index (χ0v) is 19.7. The van der Waals surface area contributed by atoms with Crippen LogP contribution in [0.2, 0.25) is 0 Å². The van der Waals surface area contributed by atoms with Gasteiger partial charge in [-0.15, -0.1) is 0 Å². The Morgan fingerprint density at radius 2 is 2.03 bits per heavy atom. The molecular formula is C24H30FN5O3. The molecule has 33 heavy (non-hydrogen) atoms. The second-order valence-electron chi connectivity index (χ2n) is 8.05. The number of pyridine rings is 1. The molecule has 2 heterocycles. The summed E-state index contributed by atoms with van der Waals surface area (Å²) in [5.41, 5.74) is 0.899. The summed E-state index contributed by atoms with van der Waals surface area (Å²) in [6, 6.07) is 7.07. The number of amides is 1. The molecule has 9 heteroatoms. The van der Waals surface area contributed by atoms with E-state index in [0.29, 0.717) is 59.6 Å². The van der Waals surface area contributed by atoms with Crippen molar-refractivity contribution < 1.29 is 13.9 Å². The second kappa shape index (κ2) is 10.1. The molecule has 0 aliphatic carbocycles. The van der Waals surface area contributed by atoms with Crippen molar-refractivity contribution in [1.29, 1.82) is 0 Å². The third kappa shape index (κ3) is 4.73. The van der Waals surface area contributed by atoms with Crippen molar-refractivity contribution >= 4 is 23.1 Å². The van der Waals surface area contributed by atoms with Gasteiger partial charge in [0.2, 0.25) is 6.41 Å². The second-order valence-corrected chi connectivity index (χ2v) is 8.05. The summed E-state index contributed by atoms with van der Waals surface area (Å²) in [4.78, 5) is 32.9. The number of methoxy groups -OCH3 is 1. The van der Waals surface area contributed by atoms with Gasteiger partial charge in [0.05, 0.1) is 11.1 Å². The third-order valence-corrected chi connectivity index (χ3v) is 6.11. The fourth-order valence-corrected chi connectivity index (χ4v) is 4.15. The normalized spacial score (nSPS) is 13.0. The van der Waals surface area contributed by atoms with E-state index in [0.717, 1.165) is 0 Å². The number of halogens is 1. The first-order valence-electron chi connectivity index (χ1n) is 10.9. The molecule has 0 saturated carbocycles. The standard InChI is InChI=1S/C24H30FN5O3/c1-6-24(33-5,10-11-26-14-31)19-12-18-21(23(32)30(19)4)28-16(3)29-22(18)27-13-17-9-7-8-15(2)20(17)25/h7-9,12,14H,6,10-11,13H2,1-5H3,(H,26,31)(H,27,28,29). The van der Waals surface area contributed by atoms with Crippen molar-refractivity contribution in [3.63, 3.8) is 0 Å². The average Bonchev–Trinajstić information content (AvgIpc) is 2.81. The van der Waals surface area contributed by atoms with E-state index in [1.165, 1.54) is 4.57 Å². The van der Waals surface area contributed by atoms with Crippen molar-refractivity contribution in [2.24, 2.45) is 7.05 Å². The molecule has 0 aliphatic rings. The molecule has 1 unspecified atom stereocenters. The smallest absolute Gasteiger partial charge is 0.277 e. The fourth-order valence-electron chi connectivity index (χ4n) is 4.15. The number of nitrogens with one attached hydrogen (secondary N) is 2. The highest BCUT2D eigenvalue weighted by atomic mass is 19.1. The van der Waals surface area contributed by atoms with Crippen molar-refractivity contribution in [3.8, 4) is 0 Å². The number of anilines is 1. The summed E-state index contributed by atoms with van der Waals surface area (Å²) in [5.74, 6) is 0.608. The quantitative estimate of drug-likeness (QED) is 0.360. The Labute approximate surface area is 192 Å². The molecule has 176 valence electrons. The molecule has 3 aromatic rings. The largest absolute Gasteiger partial charge is 0.372 e. The van der Waals surface area contributed by atoms with E-state index < -0.39 is 5.60 Å². The number of fused-ring (bicyclic) bond motifs is 1. The molecule has 0 bridgehead atoms. The zero-order chi connectivity index (χ0) is 24.2. The maximum atomic E-state index is 14.5. The van der Waals surface area contributed by atoms with E-state index in [1.807, 2.05) is 13.0 Å². The number of hydrogen-bond donors (Lipinski definition) is 2. The van der Waals surface area contributed by atoms with E-state index in [2.05, 4.69) is 20.6 Å². The molecule has 0 saturated heterocycles. The zero-order valence-electron chi connectivity index (χ0n) is 19.7. The van der Waals surface area contributed by atoms with E-state index in [1.54, 1.807) is 46.2 Å². The number of carbonyl (C=O) groups excluding carboxylic acids is 1. The van der Waals surface area contributed by atoms with Gasteiger partial charge in [0, 0.05) is 32.8 Å². The summed E-state index contributed by atoms with van der Waals surface area (Å²) in [5, 5.41) is 6.38. The molecule has 8 nitrogen and oxygen atoms in total. The van der Waals surface area contributed by atoms with E-state index >= 15 is 0 Å². The van der Waals surface area contributed by atoms with Gasteiger partial charge in [-0.3, -0.25) is 9.59 Å². The molecule has 0 spiro atoms. The van der Waals surface area contributed by atoms with Gasteiger partial charge in [-0.2, -0.15) is 0 Å². The predicted octanol–water partition coefficient (Wildman–Crippen LogP) is 3.08. The minimum absolute atomic E-state index is 0.204. The summed E-state index contributed by atoms with van der Waals surface area (Å²) in [6.07, 6.45) is 1.69. The topological polar surface area (TPSA) is 98.1 Å². The van der Waals surface area contributed by atoms with Crippen LogP contribution in [0.15, 0.2) is 29.1 Å². The van der Waals surface area contributed by atoms with Gasteiger partial charge in [0.15, 0.2) is 0 Å². The summed E-state index contributed by atoms with van der Waals surface area (Å²) in [6.45, 7) is 5.98. The van der Waals surface area contributed by atoms with E-state index in [4.69, 9.17) is 4.74 Å². The number of hydrogen-bond acceptors (Lipinski definition) is 6. The van der Waals surface area contributed by atoms with Crippen LogP contribution in [-0.4, -0.2) is 34.6 Å². The molecule has 3 rings (SSSR count). The Kier molecular flexibility index (Phi) is 7.43. The van der Waals surface area contributed by atoms with Gasteiger partial charge in [-0.25, -0.2) is 14.4 Å². The van der Waals surface area contributed by atoms with Crippen LogP contribution >= 0.6 is 0 Å². The minimum atomic E-state index is -0.803. The Balaban J connectivity index is 2.14. The van der Waals surface area contributed by atoms with Crippen molar-refractivity contribution in [1.82, 2.24) is 19.9 Å². The first-order valence-corrected chi connectivity index (χ1v) is 10.9. The lowest BCUT2D eigenvalue weighted by Crippen LogP contribution is -2.38. The first-order chi connectivity index (χ1) is 15.8. The Morgan fingerprint density at radius 3 is 2.70 bits per heavy atom. The molecule has 0 fully saturated rings. The highest BCUT2D eigenvalue weighted by Gasteiger charge is 2.33. The molecule has 1 atom stereocenters. The van der Waals surface area contributed by atoms with Crippen molar-refractivity contribution in [2.45, 2.75) is 45.8 Å². The monoisotopic (exact) mass is 455 g/mol. The molecule has 0 aliphatic heterocycles. The lowest BCUT2D eigenvalue weighted by atomic mass is 9.90. The predicted molar refractivity (Wildman–Crippen MR) is 126 cm³/mol. The number of aromatic nitrogens is 3. The van der Waals surface area contributed by atoms with Crippen LogP contribution in [0.25, 0.3) is 10.9 Å². The van der Waals surface area contributed by atoms with E-state index in [9.17, 15) is 14.0 Å². The summed E-state index contributed by atoms with van der Waals surface area (Å²) in [7, 11) is 3.27. The molecule has 0 radical (unpaired) electrons. The maximum absolute atomic E-state index is 14.5. The van der Waals surface area contributed by atoms with Gasteiger partial charge >= 0.3 is 0 Å². The number of aryl methyl sites for hydroxylation is 2. The van der Waals surface area contributed by atoms with Gasteiger partial charge in [0.1, 0.15) is 28.6 Å². The number of ether oxygens (including phenoxy) is 1. The SMILES string of the molecule is CCC(CCNC=O)(OC)c1cc2c(NCc3cccc(C)c3F)nc(C)nc2c(=O)n1C. The molecule has 1 amide bonds. The van der Waals surface area contributed by atoms with Crippen molar-refractivity contribution in [3.05, 3.63) is 63.1 Å². The Hall–Kier alpha value is -3.33. The van der Waals surface area contributed by atoms with Gasteiger partial charge in [-0.1, -0.05) is 25.1 Å². The lowest BCUT2D eigenvalue weighted by Gasteiger charge is -2.33. The molecule has 2 N–H and O–H groups in total. The van der Waals surface area contributed by atoms with Crippen LogP contribution in [0.1, 0.15) is 42.4 Å². The third-order valence-electron chi connectivity index (χ3n) is 6.11. The van der Waals surface area contributed by atoms with Crippen LogP contribution < -0.4 is 16.2 Å². The minimum Gasteiger partial charge on any atom is -0.372 e. The van der Waals surface area contributed by atoms with Crippen LogP contribution in [0.4, 0.5) is 10.2 Å². The lowest BCUT2D eigenvalue weighted by molar-refractivity contribution is -0.109. The number of rotatable bonds is 10. The van der Waals surface area contributed by atoms with E-state index in [-0.39, 0.29) is 23.4 Å². The van der Waals surface area contributed by atoms with Crippen LogP contribution in [0, 0.1) is 19.7 Å². The van der Waals surface area contributed by atoms with Crippen LogP contribution in [0.5, 0.6) is 0 Å². The van der Waals surface area contributed by atoms with Crippen LogP contribution in [0.3, 0.4) is 0 Å². The van der Waals surface area contributed by atoms with Gasteiger partial charge < -0.3 is 19.9 Å². The average molecular weight is 456 g/mol. The Morgan fingerprint density at radius 1 is 1.27 bits per heavy atom. The highest BCUT2D eigenvalue weighted by Crippen LogP contribution is 2.34. The van der Waals surface area contributed by atoms with Crippen LogP contribution in [-0.2, 0) is 28.7 Å². The van der Waals surface area contributed by atoms with Gasteiger partial charge in [-0.05, 0) is 38.3 Å². The first kappa shape index (κ1) is 24.3. The molecule has 1 aromatic carbocycles. The highest BCUT2D eigenvalue weighted by molar-refractivity contribution is 5.89. The molecular weight excluding hydrogens is 425 g/mol. The maximum Gasteiger partial charge on any atom is 0.277 e. The molecule has 2 aromatic heterocycles. The summed E-state index contributed by atoms with van der Waals surface area (Å²) >= 11 is 0. The van der Waals surface area contributed by atoms with Gasteiger partial charge in [0.25, 0.3) is 5.56 Å². The fraction of sp³-hybridized carbons (Fsp3) is 0.417. The number of nitrogens with zero attached hydrogens (tertiary/aromatic N) is 3. The summed E-state index contributed by atoms with van der Waals surface area (Å²) < 4.78 is 21.9. The Bertz CT molecular complexity index is 1220. The number of benzene rings is 1. The number of carbonyl (C=O) groups is 1.